The number of hydrogen-bond donors (Lipinski definition) is 1. The van der Waals surface area contributed by atoms with Gasteiger partial charge in [-0.05, 0) is 35.7 Å². The van der Waals surface area contributed by atoms with Crippen molar-refractivity contribution in [1.29, 1.82) is 0 Å². The van der Waals surface area contributed by atoms with Gasteiger partial charge in [-0.1, -0.05) is 12.1 Å². The number of hydrogen-bond acceptors (Lipinski definition) is 5. The van der Waals surface area contributed by atoms with Crippen LogP contribution >= 0.6 is 11.3 Å². The first kappa shape index (κ1) is 19.9. The maximum absolute atomic E-state index is 14.5. The van der Waals surface area contributed by atoms with E-state index in [1.54, 1.807) is 65.8 Å². The normalized spacial score (nSPS) is 11.2. The van der Waals surface area contributed by atoms with Crippen molar-refractivity contribution >= 4 is 27.5 Å². The van der Waals surface area contributed by atoms with E-state index < -0.39 is 5.82 Å². The Morgan fingerprint density at radius 1 is 1.19 bits per heavy atom. The second-order valence-corrected chi connectivity index (χ2v) is 8.06. The molecule has 0 radical (unpaired) electrons. The van der Waals surface area contributed by atoms with E-state index >= 15 is 0 Å². The molecule has 0 aliphatic rings. The first-order valence-electron chi connectivity index (χ1n) is 9.71. The predicted octanol–water partition coefficient (Wildman–Crippen LogP) is 3.37. The van der Waals surface area contributed by atoms with Gasteiger partial charge in [-0.3, -0.25) is 9.59 Å². The highest BCUT2D eigenvalue weighted by atomic mass is 32.1. The lowest BCUT2D eigenvalue weighted by atomic mass is 10.2. The fraction of sp³-hybridized carbons (Fsp3) is 0.0909. The minimum atomic E-state index is -0.456. The number of rotatable bonds is 5. The van der Waals surface area contributed by atoms with Crippen molar-refractivity contribution in [3.63, 3.8) is 0 Å². The summed E-state index contributed by atoms with van der Waals surface area (Å²) in [5.41, 5.74) is 0.869. The molecule has 0 spiro atoms. The standard InChI is InChI=1S/C22H17FN6O2S/c1-27(13-18-25-16-8-11-32-19(16)20(30)26-18)22(31)14-12-24-29(17-7-3-2-6-15(17)23)21(14)28-9-4-5-10-28/h2-12H,13H2,1H3,(H,25,26,30). The molecule has 160 valence electrons. The van der Waals surface area contributed by atoms with Gasteiger partial charge in [0.2, 0.25) is 0 Å². The molecule has 0 saturated carbocycles. The van der Waals surface area contributed by atoms with Crippen LogP contribution in [0.4, 0.5) is 4.39 Å². The van der Waals surface area contributed by atoms with E-state index in [2.05, 4.69) is 15.1 Å². The van der Waals surface area contributed by atoms with Gasteiger partial charge < -0.3 is 14.5 Å². The van der Waals surface area contributed by atoms with E-state index in [4.69, 9.17) is 0 Å². The molecule has 8 nitrogen and oxygen atoms in total. The Bertz CT molecular complexity index is 1480. The van der Waals surface area contributed by atoms with Gasteiger partial charge in [-0.25, -0.2) is 14.1 Å². The Labute approximate surface area is 185 Å². The number of fused-ring (bicyclic) bond motifs is 1. The number of halogens is 1. The smallest absolute Gasteiger partial charge is 0.268 e. The maximum atomic E-state index is 14.5. The minimum absolute atomic E-state index is 0.0931. The number of carbonyl (C=O) groups excluding carboxylic acids is 1. The van der Waals surface area contributed by atoms with Gasteiger partial charge in [0.25, 0.3) is 11.5 Å². The average Bonchev–Trinajstić information content (AvgIpc) is 3.53. The van der Waals surface area contributed by atoms with Crippen molar-refractivity contribution in [3.05, 3.63) is 94.0 Å². The third-order valence-electron chi connectivity index (χ3n) is 5.00. The quantitative estimate of drug-likeness (QED) is 0.447. The molecule has 1 N–H and O–H groups in total. The van der Waals surface area contributed by atoms with E-state index in [0.717, 1.165) is 0 Å². The summed E-state index contributed by atoms with van der Waals surface area (Å²) < 4.78 is 18.1. The molecule has 1 aromatic carbocycles. The number of nitrogens with zero attached hydrogens (tertiary/aromatic N) is 5. The number of amides is 1. The maximum Gasteiger partial charge on any atom is 0.268 e. The summed E-state index contributed by atoms with van der Waals surface area (Å²) >= 11 is 1.32. The fourth-order valence-electron chi connectivity index (χ4n) is 3.52. The Morgan fingerprint density at radius 3 is 2.75 bits per heavy atom. The molecule has 0 bridgehead atoms. The Kier molecular flexibility index (Phi) is 4.91. The topological polar surface area (TPSA) is 88.8 Å². The lowest BCUT2D eigenvalue weighted by molar-refractivity contribution is 0.0781. The van der Waals surface area contributed by atoms with Crippen LogP contribution in [0.5, 0.6) is 0 Å². The third-order valence-corrected chi connectivity index (χ3v) is 5.90. The molecule has 0 saturated heterocycles. The summed E-state index contributed by atoms with van der Waals surface area (Å²) in [6.07, 6.45) is 4.93. The van der Waals surface area contributed by atoms with Crippen LogP contribution in [0.25, 0.3) is 21.7 Å². The molecule has 1 amide bonds. The van der Waals surface area contributed by atoms with Crippen LogP contribution in [0.3, 0.4) is 0 Å². The molecular formula is C22H17FN6O2S. The van der Waals surface area contributed by atoms with Crippen molar-refractivity contribution in [2.24, 2.45) is 0 Å². The van der Waals surface area contributed by atoms with Gasteiger partial charge in [0.05, 0.1) is 18.3 Å². The number of H-pyrrole nitrogens is 1. The van der Waals surface area contributed by atoms with Gasteiger partial charge in [-0.15, -0.1) is 11.3 Å². The van der Waals surface area contributed by atoms with Crippen molar-refractivity contribution in [2.45, 2.75) is 6.54 Å². The SMILES string of the molecule is CN(Cc1nc2ccsc2c(=O)[nH]1)C(=O)c1cnn(-c2ccccc2F)c1-n1cccc1. The van der Waals surface area contributed by atoms with E-state index in [-0.39, 0.29) is 29.3 Å². The summed E-state index contributed by atoms with van der Waals surface area (Å²) in [4.78, 5) is 34.2. The number of aromatic nitrogens is 5. The van der Waals surface area contributed by atoms with Crippen molar-refractivity contribution in [1.82, 2.24) is 29.2 Å². The molecule has 0 fully saturated rings. The molecule has 4 heterocycles. The zero-order valence-corrected chi connectivity index (χ0v) is 17.7. The molecule has 0 atom stereocenters. The first-order chi connectivity index (χ1) is 15.5. The molecular weight excluding hydrogens is 431 g/mol. The summed E-state index contributed by atoms with van der Waals surface area (Å²) in [7, 11) is 1.61. The highest BCUT2D eigenvalue weighted by Gasteiger charge is 2.24. The summed E-state index contributed by atoms with van der Waals surface area (Å²) in [6.45, 7) is 0.0931. The lowest BCUT2D eigenvalue weighted by Crippen LogP contribution is -2.29. The predicted molar refractivity (Wildman–Crippen MR) is 119 cm³/mol. The van der Waals surface area contributed by atoms with Crippen LogP contribution < -0.4 is 5.56 Å². The second kappa shape index (κ2) is 7.89. The van der Waals surface area contributed by atoms with Crippen LogP contribution in [0.15, 0.2) is 71.2 Å². The van der Waals surface area contributed by atoms with Crippen LogP contribution in [0.2, 0.25) is 0 Å². The molecule has 5 rings (SSSR count). The molecule has 0 aliphatic heterocycles. The summed E-state index contributed by atoms with van der Waals surface area (Å²) in [6, 6.07) is 11.6. The number of benzene rings is 1. The Balaban J connectivity index is 1.53. The summed E-state index contributed by atoms with van der Waals surface area (Å²) in [5.74, 6) is -0.0148. The lowest BCUT2D eigenvalue weighted by Gasteiger charge is -2.17. The first-order valence-corrected chi connectivity index (χ1v) is 10.6. The monoisotopic (exact) mass is 448 g/mol. The van der Waals surface area contributed by atoms with Gasteiger partial charge >= 0.3 is 0 Å². The van der Waals surface area contributed by atoms with Crippen LogP contribution in [-0.4, -0.2) is 42.2 Å². The van der Waals surface area contributed by atoms with Gasteiger partial charge in [0.15, 0.2) is 5.82 Å². The number of thiophene rings is 1. The van der Waals surface area contributed by atoms with Crippen LogP contribution in [0.1, 0.15) is 16.2 Å². The highest BCUT2D eigenvalue weighted by Crippen LogP contribution is 2.23. The number of para-hydroxylation sites is 1. The van der Waals surface area contributed by atoms with E-state index in [0.29, 0.717) is 21.9 Å². The molecule has 4 aromatic heterocycles. The van der Waals surface area contributed by atoms with E-state index in [1.807, 2.05) is 0 Å². The fourth-order valence-corrected chi connectivity index (χ4v) is 4.24. The van der Waals surface area contributed by atoms with Gasteiger partial charge in [-0.2, -0.15) is 5.10 Å². The van der Waals surface area contributed by atoms with Crippen LogP contribution in [-0.2, 0) is 6.54 Å². The molecule has 0 unspecified atom stereocenters. The number of nitrogens with one attached hydrogen (secondary N) is 1. The second-order valence-electron chi connectivity index (χ2n) is 7.14. The van der Waals surface area contributed by atoms with Crippen molar-refractivity contribution in [2.75, 3.05) is 7.05 Å². The molecule has 32 heavy (non-hydrogen) atoms. The zero-order valence-electron chi connectivity index (χ0n) is 16.9. The molecule has 0 aliphatic carbocycles. The van der Waals surface area contributed by atoms with Gasteiger partial charge in [0, 0.05) is 19.4 Å². The Hall–Kier alpha value is -4.05. The van der Waals surface area contributed by atoms with E-state index in [1.165, 1.54) is 33.2 Å². The highest BCUT2D eigenvalue weighted by molar-refractivity contribution is 7.17. The van der Waals surface area contributed by atoms with Crippen molar-refractivity contribution in [3.8, 4) is 11.5 Å². The molecule has 10 heteroatoms. The number of aromatic amines is 1. The minimum Gasteiger partial charge on any atom is -0.334 e. The molecule has 5 aromatic rings. The average molecular weight is 448 g/mol. The Morgan fingerprint density at radius 2 is 1.97 bits per heavy atom. The number of carbonyl (C=O) groups is 1. The van der Waals surface area contributed by atoms with E-state index in [9.17, 15) is 14.0 Å². The van der Waals surface area contributed by atoms with Gasteiger partial charge in [0.1, 0.15) is 27.6 Å². The third kappa shape index (κ3) is 3.40. The van der Waals surface area contributed by atoms with Crippen LogP contribution in [0, 0.1) is 5.82 Å². The summed E-state index contributed by atoms with van der Waals surface area (Å²) in [5, 5.41) is 6.10. The zero-order chi connectivity index (χ0) is 22.2. The van der Waals surface area contributed by atoms with Crippen molar-refractivity contribution < 1.29 is 9.18 Å². The largest absolute Gasteiger partial charge is 0.334 e.